The monoisotopic (exact) mass is 428 g/mol. The van der Waals surface area contributed by atoms with Gasteiger partial charge in [0.05, 0.1) is 24.0 Å². The van der Waals surface area contributed by atoms with Gasteiger partial charge in [0.15, 0.2) is 0 Å². The van der Waals surface area contributed by atoms with E-state index in [4.69, 9.17) is 11.6 Å². The molecule has 0 spiro atoms. The van der Waals surface area contributed by atoms with E-state index in [0.29, 0.717) is 22.1 Å². The number of carbonyl (C=O) groups is 3. The van der Waals surface area contributed by atoms with E-state index in [1.165, 1.54) is 0 Å². The molecule has 0 saturated heterocycles. The predicted octanol–water partition coefficient (Wildman–Crippen LogP) is 3.36. The number of halogens is 1. The standard InChI is InChI=1S/C22H25ClN4O3/c1-14-12-20(28)25-18-6-4-5-7-19(18)27(14)21(29)13-26(3)15(2)22(30)24-17-10-8-16(23)9-11-17/h4-11,14-15H,12-13H2,1-3H3,(H,24,30)(H,25,28)/t14-,15+/m1/s1. The molecular weight excluding hydrogens is 404 g/mol. The van der Waals surface area contributed by atoms with Gasteiger partial charge in [-0.3, -0.25) is 19.3 Å². The largest absolute Gasteiger partial charge is 0.325 e. The first kappa shape index (κ1) is 21.8. The smallest absolute Gasteiger partial charge is 0.241 e. The van der Waals surface area contributed by atoms with E-state index in [2.05, 4.69) is 10.6 Å². The highest BCUT2D eigenvalue weighted by molar-refractivity contribution is 6.30. The van der Waals surface area contributed by atoms with Gasteiger partial charge < -0.3 is 15.5 Å². The Balaban J connectivity index is 1.70. The summed E-state index contributed by atoms with van der Waals surface area (Å²) in [5.41, 5.74) is 1.90. The van der Waals surface area contributed by atoms with Crippen LogP contribution in [0.15, 0.2) is 48.5 Å². The molecule has 0 bridgehead atoms. The molecule has 0 fully saturated rings. The average Bonchev–Trinajstić information content (AvgIpc) is 2.83. The molecule has 1 aliphatic heterocycles. The van der Waals surface area contributed by atoms with Crippen LogP contribution in [0, 0.1) is 0 Å². The molecule has 2 aromatic rings. The Morgan fingerprint density at radius 2 is 1.90 bits per heavy atom. The number of anilines is 3. The summed E-state index contributed by atoms with van der Waals surface area (Å²) in [6.45, 7) is 3.61. The first-order chi connectivity index (χ1) is 14.3. The Labute approximate surface area is 181 Å². The van der Waals surface area contributed by atoms with E-state index in [1.807, 2.05) is 25.1 Å². The van der Waals surface area contributed by atoms with Crippen molar-refractivity contribution in [2.45, 2.75) is 32.4 Å². The van der Waals surface area contributed by atoms with E-state index < -0.39 is 6.04 Å². The second-order valence-electron chi connectivity index (χ2n) is 7.47. The quantitative estimate of drug-likeness (QED) is 0.765. The van der Waals surface area contributed by atoms with Gasteiger partial charge in [0, 0.05) is 23.2 Å². The van der Waals surface area contributed by atoms with E-state index >= 15 is 0 Å². The first-order valence-electron chi connectivity index (χ1n) is 9.74. The molecule has 7 nitrogen and oxygen atoms in total. The van der Waals surface area contributed by atoms with Gasteiger partial charge in [-0.2, -0.15) is 0 Å². The topological polar surface area (TPSA) is 81.8 Å². The lowest BCUT2D eigenvalue weighted by atomic mass is 10.1. The number of hydrogen-bond acceptors (Lipinski definition) is 4. The van der Waals surface area contributed by atoms with Crippen LogP contribution in [0.4, 0.5) is 17.1 Å². The van der Waals surface area contributed by atoms with Gasteiger partial charge in [0.2, 0.25) is 17.7 Å². The zero-order chi connectivity index (χ0) is 21.8. The van der Waals surface area contributed by atoms with Crippen LogP contribution in [-0.4, -0.2) is 48.3 Å². The van der Waals surface area contributed by atoms with Crippen LogP contribution >= 0.6 is 11.6 Å². The molecule has 30 heavy (non-hydrogen) atoms. The molecule has 8 heteroatoms. The summed E-state index contributed by atoms with van der Waals surface area (Å²) in [6.07, 6.45) is 0.205. The van der Waals surface area contributed by atoms with E-state index in [9.17, 15) is 14.4 Å². The molecule has 0 radical (unpaired) electrons. The molecule has 1 heterocycles. The van der Waals surface area contributed by atoms with Crippen molar-refractivity contribution in [3.8, 4) is 0 Å². The number of benzene rings is 2. The van der Waals surface area contributed by atoms with E-state index in [-0.39, 0.29) is 36.7 Å². The lowest BCUT2D eigenvalue weighted by molar-refractivity contribution is -0.123. The third-order valence-electron chi connectivity index (χ3n) is 5.16. The Morgan fingerprint density at radius 3 is 2.60 bits per heavy atom. The van der Waals surface area contributed by atoms with Gasteiger partial charge in [0.1, 0.15) is 0 Å². The van der Waals surface area contributed by atoms with Crippen molar-refractivity contribution in [3.63, 3.8) is 0 Å². The summed E-state index contributed by atoms with van der Waals surface area (Å²) in [5, 5.41) is 6.25. The average molecular weight is 429 g/mol. The van der Waals surface area contributed by atoms with Crippen molar-refractivity contribution in [1.82, 2.24) is 4.90 Å². The summed E-state index contributed by atoms with van der Waals surface area (Å²) >= 11 is 5.87. The van der Waals surface area contributed by atoms with Crippen LogP contribution in [0.5, 0.6) is 0 Å². The molecule has 2 N–H and O–H groups in total. The predicted molar refractivity (Wildman–Crippen MR) is 119 cm³/mol. The second kappa shape index (κ2) is 9.28. The van der Waals surface area contributed by atoms with Gasteiger partial charge >= 0.3 is 0 Å². The maximum atomic E-state index is 13.2. The van der Waals surface area contributed by atoms with Gasteiger partial charge in [-0.1, -0.05) is 23.7 Å². The normalized spacial score (nSPS) is 17.0. The van der Waals surface area contributed by atoms with Crippen LogP contribution in [0.3, 0.4) is 0 Å². The fraction of sp³-hybridized carbons (Fsp3) is 0.318. The van der Waals surface area contributed by atoms with Gasteiger partial charge in [-0.25, -0.2) is 0 Å². The highest BCUT2D eigenvalue weighted by atomic mass is 35.5. The van der Waals surface area contributed by atoms with Crippen molar-refractivity contribution in [2.75, 3.05) is 29.1 Å². The zero-order valence-electron chi connectivity index (χ0n) is 17.2. The summed E-state index contributed by atoms with van der Waals surface area (Å²) < 4.78 is 0. The van der Waals surface area contributed by atoms with Gasteiger partial charge in [-0.05, 0) is 57.3 Å². The van der Waals surface area contributed by atoms with E-state index in [1.54, 1.807) is 54.1 Å². The fourth-order valence-corrected chi connectivity index (χ4v) is 3.50. The summed E-state index contributed by atoms with van der Waals surface area (Å²) in [5.74, 6) is -0.539. The number of rotatable bonds is 5. The Kier molecular flexibility index (Phi) is 6.74. The number of para-hydroxylation sites is 2. The maximum absolute atomic E-state index is 13.2. The molecule has 1 aliphatic rings. The fourth-order valence-electron chi connectivity index (χ4n) is 3.37. The number of nitrogens with zero attached hydrogens (tertiary/aromatic N) is 2. The number of likely N-dealkylation sites (N-methyl/N-ethyl adjacent to an activating group) is 1. The Morgan fingerprint density at radius 1 is 1.23 bits per heavy atom. The highest BCUT2D eigenvalue weighted by Gasteiger charge is 2.31. The number of fused-ring (bicyclic) bond motifs is 1. The third kappa shape index (κ3) is 4.98. The maximum Gasteiger partial charge on any atom is 0.241 e. The number of amides is 3. The molecule has 0 aromatic heterocycles. The van der Waals surface area contributed by atoms with Crippen LogP contribution in [0.1, 0.15) is 20.3 Å². The first-order valence-corrected chi connectivity index (χ1v) is 10.1. The molecule has 3 amide bonds. The van der Waals surface area contributed by atoms with Crippen LogP contribution in [0.2, 0.25) is 5.02 Å². The minimum atomic E-state index is -0.540. The summed E-state index contributed by atoms with van der Waals surface area (Å²) in [7, 11) is 1.72. The summed E-state index contributed by atoms with van der Waals surface area (Å²) in [6, 6.07) is 13.2. The molecule has 158 valence electrons. The number of hydrogen-bond donors (Lipinski definition) is 2. The molecule has 2 aromatic carbocycles. The Hall–Kier alpha value is -2.90. The minimum absolute atomic E-state index is 0.0298. The summed E-state index contributed by atoms with van der Waals surface area (Å²) in [4.78, 5) is 41.2. The van der Waals surface area contributed by atoms with Crippen LogP contribution < -0.4 is 15.5 Å². The number of carbonyl (C=O) groups excluding carboxylic acids is 3. The molecule has 0 saturated carbocycles. The van der Waals surface area contributed by atoms with Crippen molar-refractivity contribution in [3.05, 3.63) is 53.6 Å². The number of nitrogens with one attached hydrogen (secondary N) is 2. The molecule has 3 rings (SSSR count). The third-order valence-corrected chi connectivity index (χ3v) is 5.42. The molecule has 0 aliphatic carbocycles. The minimum Gasteiger partial charge on any atom is -0.325 e. The van der Waals surface area contributed by atoms with Gasteiger partial charge in [0.25, 0.3) is 0 Å². The lowest BCUT2D eigenvalue weighted by Gasteiger charge is -2.31. The van der Waals surface area contributed by atoms with Crippen molar-refractivity contribution in [2.24, 2.45) is 0 Å². The molecular formula is C22H25ClN4O3. The Bertz CT molecular complexity index is 948. The van der Waals surface area contributed by atoms with Crippen molar-refractivity contribution >= 4 is 46.4 Å². The van der Waals surface area contributed by atoms with E-state index in [0.717, 1.165) is 0 Å². The van der Waals surface area contributed by atoms with Crippen LogP contribution in [-0.2, 0) is 14.4 Å². The highest BCUT2D eigenvalue weighted by Crippen LogP contribution is 2.31. The zero-order valence-corrected chi connectivity index (χ0v) is 17.9. The van der Waals surface area contributed by atoms with Crippen molar-refractivity contribution < 1.29 is 14.4 Å². The van der Waals surface area contributed by atoms with Crippen molar-refractivity contribution in [1.29, 1.82) is 0 Å². The SMILES string of the molecule is C[C@@H]1CC(=O)Nc2ccccc2N1C(=O)CN(C)[C@@H](C)C(=O)Nc1ccc(Cl)cc1. The lowest BCUT2D eigenvalue weighted by Crippen LogP contribution is -2.48. The molecule has 0 unspecified atom stereocenters. The second-order valence-corrected chi connectivity index (χ2v) is 7.91. The van der Waals surface area contributed by atoms with Gasteiger partial charge in [-0.15, -0.1) is 0 Å². The van der Waals surface area contributed by atoms with Crippen LogP contribution in [0.25, 0.3) is 0 Å². The molecule has 2 atom stereocenters.